The predicted octanol–water partition coefficient (Wildman–Crippen LogP) is 5.46. The highest BCUT2D eigenvalue weighted by Crippen LogP contribution is 2.41. The Labute approximate surface area is 178 Å². The summed E-state index contributed by atoms with van der Waals surface area (Å²) in [6.07, 6.45) is 1.69. The molecule has 1 aliphatic heterocycles. The molecule has 164 valence electrons. The first-order valence-electron chi connectivity index (χ1n) is 9.53. The van der Waals surface area contributed by atoms with Crippen LogP contribution in [0.15, 0.2) is 57.9 Å². The Morgan fingerprint density at radius 1 is 1.40 bits per heavy atom. The lowest BCUT2D eigenvalue weighted by atomic mass is 9.90. The number of methoxy groups -OCH3 is 1. The number of rotatable bonds is 6. The van der Waals surface area contributed by atoms with Crippen LogP contribution in [0.1, 0.15) is 38.8 Å². The zero-order valence-electron chi connectivity index (χ0n) is 18.5. The van der Waals surface area contributed by atoms with Crippen LogP contribution in [-0.2, 0) is 20.0 Å². The van der Waals surface area contributed by atoms with Crippen molar-refractivity contribution < 1.29 is 17.7 Å². The van der Waals surface area contributed by atoms with Gasteiger partial charge in [0.2, 0.25) is 0 Å². The van der Waals surface area contributed by atoms with Crippen LogP contribution >= 0.6 is 0 Å². The number of hydrogen-bond acceptors (Lipinski definition) is 4. The molecule has 1 unspecified atom stereocenters. The second kappa shape index (κ2) is 8.46. The molecule has 0 aliphatic carbocycles. The van der Waals surface area contributed by atoms with E-state index in [2.05, 4.69) is 22.5 Å². The number of benzene rings is 1. The highest BCUT2D eigenvalue weighted by molar-refractivity contribution is 7.95. The van der Waals surface area contributed by atoms with E-state index >= 15 is 0 Å². The van der Waals surface area contributed by atoms with Crippen molar-refractivity contribution in [2.75, 3.05) is 26.6 Å². The molecule has 1 aromatic carbocycles. The monoisotopic (exact) mass is 436 g/mol. The van der Waals surface area contributed by atoms with Crippen molar-refractivity contribution in [2.24, 2.45) is 9.36 Å². The second-order valence-electron chi connectivity index (χ2n) is 8.05. The molecule has 1 aliphatic rings. The first-order valence-corrected chi connectivity index (χ1v) is 11.2. The minimum atomic E-state index is -2.89. The summed E-state index contributed by atoms with van der Waals surface area (Å²) in [6, 6.07) is 4.28. The lowest BCUT2D eigenvalue weighted by Crippen LogP contribution is -2.52. The third kappa shape index (κ3) is 4.00. The molecule has 0 fully saturated rings. The SMILES string of the molecule is C=C(C)C(=C)/C=C(\OC)c1ccc(F)c([C@]2(CF)CS(=O)(=NC)C(C)(C)C(C)=N2)c1. The third-order valence-corrected chi connectivity index (χ3v) is 9.18. The third-order valence-electron chi connectivity index (χ3n) is 5.83. The van der Waals surface area contributed by atoms with Gasteiger partial charge in [0.1, 0.15) is 23.8 Å². The van der Waals surface area contributed by atoms with Crippen LogP contribution in [0.5, 0.6) is 0 Å². The molecule has 30 heavy (non-hydrogen) atoms. The van der Waals surface area contributed by atoms with Gasteiger partial charge < -0.3 is 4.74 Å². The molecule has 1 heterocycles. The molecular formula is C23H30F2N2O2S. The molecule has 0 bridgehead atoms. The summed E-state index contributed by atoms with van der Waals surface area (Å²) in [5.74, 6) is -0.405. The second-order valence-corrected chi connectivity index (χ2v) is 11.0. The van der Waals surface area contributed by atoms with E-state index in [0.29, 0.717) is 22.6 Å². The summed E-state index contributed by atoms with van der Waals surface area (Å²) in [5, 5.41) is 0. The normalized spacial score (nSPS) is 26.0. The van der Waals surface area contributed by atoms with Gasteiger partial charge in [-0.05, 0) is 57.5 Å². The molecular weight excluding hydrogens is 406 g/mol. The fourth-order valence-electron chi connectivity index (χ4n) is 3.37. The Bertz CT molecular complexity index is 1060. The van der Waals surface area contributed by atoms with Gasteiger partial charge in [-0.2, -0.15) is 0 Å². The number of halogens is 2. The van der Waals surface area contributed by atoms with Gasteiger partial charge >= 0.3 is 0 Å². The summed E-state index contributed by atoms with van der Waals surface area (Å²) in [5.41, 5.74) is 0.815. The average Bonchev–Trinajstić information content (AvgIpc) is 2.70. The zero-order chi connectivity index (χ0) is 22.9. The van der Waals surface area contributed by atoms with E-state index in [1.54, 1.807) is 26.8 Å². The van der Waals surface area contributed by atoms with Crippen LogP contribution < -0.4 is 0 Å². The molecule has 1 aromatic rings. The summed E-state index contributed by atoms with van der Waals surface area (Å²) in [6.45, 7) is 13.8. The molecule has 2 rings (SSSR count). The maximum Gasteiger partial charge on any atom is 0.129 e. The van der Waals surface area contributed by atoms with Crippen LogP contribution in [0, 0.1) is 5.82 Å². The van der Waals surface area contributed by atoms with Crippen molar-refractivity contribution in [3.63, 3.8) is 0 Å². The Balaban J connectivity index is 2.75. The minimum absolute atomic E-state index is 0.0256. The van der Waals surface area contributed by atoms with E-state index in [9.17, 15) is 13.0 Å². The van der Waals surface area contributed by atoms with Crippen LogP contribution in [0.3, 0.4) is 0 Å². The molecule has 0 saturated carbocycles. The van der Waals surface area contributed by atoms with Crippen LogP contribution in [0.4, 0.5) is 8.78 Å². The summed E-state index contributed by atoms with van der Waals surface area (Å²) < 4.78 is 51.8. The van der Waals surface area contributed by atoms with Crippen LogP contribution in [-0.4, -0.2) is 41.3 Å². The minimum Gasteiger partial charge on any atom is -0.496 e. The number of ether oxygens (including phenoxy) is 1. The fourth-order valence-corrected chi connectivity index (χ4v) is 5.77. The van der Waals surface area contributed by atoms with Crippen molar-refractivity contribution in [2.45, 2.75) is 38.0 Å². The first-order chi connectivity index (χ1) is 13.9. The summed E-state index contributed by atoms with van der Waals surface area (Å²) >= 11 is 0. The Kier molecular flexibility index (Phi) is 6.76. The van der Waals surface area contributed by atoms with Crippen LogP contribution in [0.25, 0.3) is 5.76 Å². The number of alkyl halides is 1. The molecule has 0 radical (unpaired) electrons. The largest absolute Gasteiger partial charge is 0.496 e. The quantitative estimate of drug-likeness (QED) is 0.439. The van der Waals surface area contributed by atoms with Crippen molar-refractivity contribution >= 4 is 21.2 Å². The van der Waals surface area contributed by atoms with E-state index in [0.717, 1.165) is 5.57 Å². The van der Waals surface area contributed by atoms with Crippen molar-refractivity contribution in [3.8, 4) is 0 Å². The van der Waals surface area contributed by atoms with Gasteiger partial charge in [-0.25, -0.2) is 17.4 Å². The topological polar surface area (TPSA) is 51.0 Å². The maximum absolute atomic E-state index is 15.0. The standard InChI is InChI=1S/C23H30F2N2O2S/c1-15(2)16(3)11-21(29-8)18-9-10-20(25)19(12-18)23(13-24)14-30(28,26-7)22(5,6)17(4)27-23/h9-12H,1,3,13-14H2,2,4-8H3/b21-11-/t23-,30?/m0/s1. The van der Waals surface area contributed by atoms with E-state index in [1.165, 1.54) is 32.4 Å². The molecule has 0 amide bonds. The Hall–Kier alpha value is -2.28. The molecule has 0 N–H and O–H groups in total. The molecule has 0 spiro atoms. The molecule has 4 nitrogen and oxygen atoms in total. The van der Waals surface area contributed by atoms with E-state index in [4.69, 9.17) is 4.74 Å². The van der Waals surface area contributed by atoms with E-state index in [1.807, 2.05) is 6.92 Å². The number of hydrogen-bond donors (Lipinski definition) is 0. The Morgan fingerprint density at radius 3 is 2.53 bits per heavy atom. The van der Waals surface area contributed by atoms with Crippen molar-refractivity contribution in [3.05, 3.63) is 65.5 Å². The zero-order valence-corrected chi connectivity index (χ0v) is 19.3. The molecule has 0 aromatic heterocycles. The van der Waals surface area contributed by atoms with Gasteiger partial charge in [-0.3, -0.25) is 4.99 Å². The maximum atomic E-state index is 15.0. The lowest BCUT2D eigenvalue weighted by molar-refractivity contribution is 0.326. The highest BCUT2D eigenvalue weighted by atomic mass is 32.2. The van der Waals surface area contributed by atoms with Gasteiger partial charge in [-0.15, -0.1) is 0 Å². The van der Waals surface area contributed by atoms with Gasteiger partial charge in [0.05, 0.1) is 27.3 Å². The highest BCUT2D eigenvalue weighted by Gasteiger charge is 2.49. The van der Waals surface area contributed by atoms with Crippen LogP contribution in [0.2, 0.25) is 0 Å². The fraction of sp³-hybridized carbons (Fsp3) is 0.435. The number of allylic oxidation sites excluding steroid dienone is 3. The first kappa shape index (κ1) is 24.0. The van der Waals surface area contributed by atoms with Crippen molar-refractivity contribution in [1.29, 1.82) is 0 Å². The molecule has 2 atom stereocenters. The Morgan fingerprint density at radius 2 is 2.03 bits per heavy atom. The number of nitrogens with zero attached hydrogens (tertiary/aromatic N) is 2. The summed E-state index contributed by atoms with van der Waals surface area (Å²) in [7, 11) is 0.0446. The average molecular weight is 437 g/mol. The predicted molar refractivity (Wildman–Crippen MR) is 122 cm³/mol. The lowest BCUT2D eigenvalue weighted by Gasteiger charge is -2.41. The van der Waals surface area contributed by atoms with Gasteiger partial charge in [0.25, 0.3) is 0 Å². The molecule has 0 saturated heterocycles. The van der Waals surface area contributed by atoms with Gasteiger partial charge in [-0.1, -0.05) is 18.7 Å². The smallest absolute Gasteiger partial charge is 0.129 e. The molecule has 7 heteroatoms. The van der Waals surface area contributed by atoms with Gasteiger partial charge in [0.15, 0.2) is 0 Å². The van der Waals surface area contributed by atoms with E-state index < -0.39 is 32.5 Å². The summed E-state index contributed by atoms with van der Waals surface area (Å²) in [4.78, 5) is 4.55. The van der Waals surface area contributed by atoms with E-state index in [-0.39, 0.29) is 11.3 Å². The van der Waals surface area contributed by atoms with Gasteiger partial charge in [0, 0.05) is 23.9 Å². The number of aliphatic imine (C=N–C) groups is 1. The van der Waals surface area contributed by atoms with Crippen molar-refractivity contribution in [1.82, 2.24) is 0 Å².